The van der Waals surface area contributed by atoms with E-state index in [0.717, 1.165) is 19.5 Å². The Balaban J connectivity index is 2.60. The highest BCUT2D eigenvalue weighted by atomic mass is 16.4. The summed E-state index contributed by atoms with van der Waals surface area (Å²) in [5, 5.41) is 11.9. The first kappa shape index (κ1) is 13.5. The Labute approximate surface area is 101 Å². The van der Waals surface area contributed by atoms with Gasteiger partial charge in [-0.05, 0) is 13.0 Å². The lowest BCUT2D eigenvalue weighted by molar-refractivity contribution is -0.137. The lowest BCUT2D eigenvalue weighted by Gasteiger charge is -2.27. The highest BCUT2D eigenvalue weighted by molar-refractivity contribution is 5.80. The quantitative estimate of drug-likeness (QED) is 0.678. The van der Waals surface area contributed by atoms with E-state index in [9.17, 15) is 9.59 Å². The smallest absolute Gasteiger partial charge is 0.323 e. The lowest BCUT2D eigenvalue weighted by Crippen LogP contribution is -2.46. The van der Waals surface area contributed by atoms with E-state index in [-0.39, 0.29) is 19.1 Å². The third-order valence-corrected chi connectivity index (χ3v) is 2.56. The van der Waals surface area contributed by atoms with Gasteiger partial charge in [0.05, 0.1) is 0 Å². The third kappa shape index (κ3) is 4.44. The lowest BCUT2D eigenvalue weighted by atomic mass is 10.4. The molecule has 0 bridgehead atoms. The number of nitrogens with zero attached hydrogens (tertiary/aromatic N) is 2. The molecule has 2 N–H and O–H groups in total. The van der Waals surface area contributed by atoms with Crippen LogP contribution in [0, 0.1) is 0 Å². The summed E-state index contributed by atoms with van der Waals surface area (Å²) in [5.74, 6) is -1.01. The molecule has 0 unspecified atom stereocenters. The summed E-state index contributed by atoms with van der Waals surface area (Å²) < 4.78 is 0. The van der Waals surface area contributed by atoms with E-state index in [1.807, 2.05) is 0 Å². The molecule has 0 aromatic heterocycles. The van der Waals surface area contributed by atoms with Crippen LogP contribution in [0.15, 0.2) is 12.7 Å². The van der Waals surface area contributed by atoms with Crippen LogP contribution in [-0.2, 0) is 4.79 Å². The number of hydrogen-bond donors (Lipinski definition) is 2. The van der Waals surface area contributed by atoms with Crippen molar-refractivity contribution in [2.24, 2.45) is 0 Å². The number of aliphatic carboxylic acids is 1. The first-order valence-electron chi connectivity index (χ1n) is 5.72. The Hall–Kier alpha value is -1.56. The second kappa shape index (κ2) is 6.90. The van der Waals surface area contributed by atoms with Crippen molar-refractivity contribution in [1.82, 2.24) is 15.1 Å². The average molecular weight is 241 g/mol. The molecule has 0 spiro atoms. The monoisotopic (exact) mass is 241 g/mol. The van der Waals surface area contributed by atoms with Crippen LogP contribution >= 0.6 is 0 Å². The van der Waals surface area contributed by atoms with Crippen molar-refractivity contribution in [1.29, 1.82) is 0 Å². The van der Waals surface area contributed by atoms with Crippen molar-refractivity contribution < 1.29 is 14.7 Å². The van der Waals surface area contributed by atoms with Crippen LogP contribution in [0.5, 0.6) is 0 Å². The summed E-state index contributed by atoms with van der Waals surface area (Å²) >= 11 is 0. The predicted molar refractivity (Wildman–Crippen MR) is 63.9 cm³/mol. The summed E-state index contributed by atoms with van der Waals surface area (Å²) in [4.78, 5) is 25.7. The Morgan fingerprint density at radius 2 is 2.18 bits per heavy atom. The molecular formula is C11H19N3O3. The topological polar surface area (TPSA) is 72.9 Å². The summed E-state index contributed by atoms with van der Waals surface area (Å²) in [6.45, 7) is 6.44. The van der Waals surface area contributed by atoms with Crippen molar-refractivity contribution in [2.75, 3.05) is 39.3 Å². The van der Waals surface area contributed by atoms with Crippen molar-refractivity contribution in [2.45, 2.75) is 6.42 Å². The molecule has 2 amide bonds. The molecule has 1 saturated heterocycles. The zero-order chi connectivity index (χ0) is 12.7. The van der Waals surface area contributed by atoms with Crippen LogP contribution in [0.25, 0.3) is 0 Å². The minimum absolute atomic E-state index is 0.226. The number of amides is 2. The molecule has 0 atom stereocenters. The van der Waals surface area contributed by atoms with Gasteiger partial charge in [0.1, 0.15) is 6.54 Å². The van der Waals surface area contributed by atoms with Gasteiger partial charge in [-0.3, -0.25) is 4.79 Å². The zero-order valence-corrected chi connectivity index (χ0v) is 9.89. The summed E-state index contributed by atoms with van der Waals surface area (Å²) in [6, 6.07) is -0.226. The molecule has 6 heteroatoms. The Morgan fingerprint density at radius 3 is 2.82 bits per heavy atom. The number of urea groups is 1. The van der Waals surface area contributed by atoms with Gasteiger partial charge in [-0.2, -0.15) is 0 Å². The maximum absolute atomic E-state index is 12.1. The number of nitrogens with one attached hydrogen (secondary N) is 1. The number of carbonyl (C=O) groups excluding carboxylic acids is 1. The molecule has 0 aromatic carbocycles. The van der Waals surface area contributed by atoms with Gasteiger partial charge < -0.3 is 20.2 Å². The Morgan fingerprint density at radius 1 is 1.41 bits per heavy atom. The van der Waals surface area contributed by atoms with Gasteiger partial charge in [0.2, 0.25) is 0 Å². The van der Waals surface area contributed by atoms with Crippen LogP contribution < -0.4 is 5.32 Å². The second-order valence-electron chi connectivity index (χ2n) is 3.94. The van der Waals surface area contributed by atoms with E-state index in [1.165, 1.54) is 11.0 Å². The number of hydrogen-bond acceptors (Lipinski definition) is 3. The molecule has 0 radical (unpaired) electrons. The van der Waals surface area contributed by atoms with Gasteiger partial charge in [0, 0.05) is 26.2 Å². The molecule has 17 heavy (non-hydrogen) atoms. The molecule has 0 aromatic rings. The normalized spacial score (nSPS) is 16.1. The maximum atomic E-state index is 12.1. The van der Waals surface area contributed by atoms with Crippen LogP contribution in [0.4, 0.5) is 4.79 Å². The van der Waals surface area contributed by atoms with Crippen molar-refractivity contribution in [3.8, 4) is 0 Å². The largest absolute Gasteiger partial charge is 0.480 e. The van der Waals surface area contributed by atoms with Gasteiger partial charge in [0.15, 0.2) is 0 Å². The fraction of sp³-hybridized carbons (Fsp3) is 0.636. The minimum Gasteiger partial charge on any atom is -0.480 e. The Bertz CT molecular complexity index is 286. The van der Waals surface area contributed by atoms with E-state index in [4.69, 9.17) is 5.11 Å². The minimum atomic E-state index is -1.01. The van der Waals surface area contributed by atoms with Gasteiger partial charge >= 0.3 is 12.0 Å². The number of carboxylic acids is 1. The third-order valence-electron chi connectivity index (χ3n) is 2.56. The van der Waals surface area contributed by atoms with Crippen molar-refractivity contribution in [3.63, 3.8) is 0 Å². The van der Waals surface area contributed by atoms with E-state index >= 15 is 0 Å². The second-order valence-corrected chi connectivity index (χ2v) is 3.94. The summed E-state index contributed by atoms with van der Waals surface area (Å²) in [6.07, 6.45) is 2.43. The number of rotatable bonds is 4. The van der Waals surface area contributed by atoms with Gasteiger partial charge in [-0.1, -0.05) is 6.08 Å². The molecule has 96 valence electrons. The van der Waals surface area contributed by atoms with Gasteiger partial charge in [-0.25, -0.2) is 4.79 Å². The SMILES string of the molecule is C=CCN(CC(=O)O)C(=O)N1CCCNCC1. The fourth-order valence-corrected chi connectivity index (χ4v) is 1.77. The average Bonchev–Trinajstić information content (AvgIpc) is 2.55. The summed E-state index contributed by atoms with van der Waals surface area (Å²) in [7, 11) is 0. The molecule has 0 aliphatic carbocycles. The first-order chi connectivity index (χ1) is 8.15. The van der Waals surface area contributed by atoms with Crippen molar-refractivity contribution >= 4 is 12.0 Å². The molecular weight excluding hydrogens is 222 g/mol. The number of carbonyl (C=O) groups is 2. The van der Waals surface area contributed by atoms with Gasteiger partial charge in [0.25, 0.3) is 0 Å². The van der Waals surface area contributed by atoms with E-state index in [1.54, 1.807) is 4.90 Å². The molecule has 1 aliphatic rings. The fourth-order valence-electron chi connectivity index (χ4n) is 1.77. The standard InChI is InChI=1S/C11H19N3O3/c1-2-6-14(9-10(15)16)11(17)13-7-3-4-12-5-8-13/h2,12H,1,3-9H2,(H,15,16). The van der Waals surface area contributed by atoms with Crippen LogP contribution in [0.2, 0.25) is 0 Å². The van der Waals surface area contributed by atoms with Gasteiger partial charge in [-0.15, -0.1) is 6.58 Å². The first-order valence-corrected chi connectivity index (χ1v) is 5.72. The van der Waals surface area contributed by atoms with E-state index in [0.29, 0.717) is 13.1 Å². The highest BCUT2D eigenvalue weighted by Gasteiger charge is 2.22. The molecule has 0 saturated carbocycles. The van der Waals surface area contributed by atoms with E-state index in [2.05, 4.69) is 11.9 Å². The molecule has 6 nitrogen and oxygen atoms in total. The molecule has 1 fully saturated rings. The van der Waals surface area contributed by atoms with Crippen LogP contribution in [0.3, 0.4) is 0 Å². The maximum Gasteiger partial charge on any atom is 0.323 e. The number of carboxylic acid groups (broad SMARTS) is 1. The molecule has 1 aliphatic heterocycles. The Kier molecular flexibility index (Phi) is 5.48. The van der Waals surface area contributed by atoms with Crippen LogP contribution in [-0.4, -0.2) is 66.2 Å². The van der Waals surface area contributed by atoms with E-state index < -0.39 is 5.97 Å². The van der Waals surface area contributed by atoms with Crippen LogP contribution in [0.1, 0.15) is 6.42 Å². The molecule has 1 heterocycles. The van der Waals surface area contributed by atoms with Crippen molar-refractivity contribution in [3.05, 3.63) is 12.7 Å². The molecule has 1 rings (SSSR count). The predicted octanol–water partition coefficient (Wildman–Crippen LogP) is -0.0257. The zero-order valence-electron chi connectivity index (χ0n) is 9.89. The highest BCUT2D eigenvalue weighted by Crippen LogP contribution is 2.02. The summed E-state index contributed by atoms with van der Waals surface area (Å²) in [5.41, 5.74) is 0.